The zero-order valence-electron chi connectivity index (χ0n) is 18.0. The third-order valence-electron chi connectivity index (χ3n) is 3.60. The molecular formula is C20H14BF6I2N4O4. The fourth-order valence-electron chi connectivity index (χ4n) is 2.26. The van der Waals surface area contributed by atoms with Crippen LogP contribution in [0, 0.1) is 7.14 Å². The van der Waals surface area contributed by atoms with Crippen molar-refractivity contribution in [1.29, 1.82) is 0 Å². The largest absolute Gasteiger partial charge is 0.573 e. The van der Waals surface area contributed by atoms with Crippen LogP contribution in [0.2, 0.25) is 0 Å². The molecule has 0 saturated heterocycles. The minimum atomic E-state index is -4.70. The summed E-state index contributed by atoms with van der Waals surface area (Å²) in [6, 6.07) is 10.1. The van der Waals surface area contributed by atoms with Gasteiger partial charge in [-0.2, -0.15) is 10.2 Å². The molecule has 0 aliphatic carbocycles. The molecule has 2 aromatic carbocycles. The summed E-state index contributed by atoms with van der Waals surface area (Å²) >= 11 is 4.28. The number of ether oxygens (including phenoxy) is 2. The van der Waals surface area contributed by atoms with Gasteiger partial charge < -0.3 is 19.2 Å². The van der Waals surface area contributed by atoms with Crippen LogP contribution in [-0.2, 0) is 0 Å². The van der Waals surface area contributed by atoms with Gasteiger partial charge in [0.1, 0.15) is 17.2 Å². The molecule has 0 aliphatic rings. The second-order valence-electron chi connectivity index (χ2n) is 6.30. The van der Waals surface area contributed by atoms with Gasteiger partial charge in [0.15, 0.2) is 0 Å². The molecule has 2 N–H and O–H groups in total. The van der Waals surface area contributed by atoms with Crippen LogP contribution in [0.3, 0.4) is 0 Å². The van der Waals surface area contributed by atoms with Gasteiger partial charge in [-0.25, -0.2) is 4.68 Å². The Kier molecular flexibility index (Phi) is 11.8. The molecule has 2 heterocycles. The van der Waals surface area contributed by atoms with Crippen molar-refractivity contribution < 1.29 is 45.5 Å². The van der Waals surface area contributed by atoms with Crippen molar-refractivity contribution in [3.63, 3.8) is 0 Å². The molecule has 37 heavy (non-hydrogen) atoms. The highest BCUT2D eigenvalue weighted by atomic mass is 127. The second kappa shape index (κ2) is 14.3. The van der Waals surface area contributed by atoms with Gasteiger partial charge in [-0.1, -0.05) is 0 Å². The molecule has 0 fully saturated rings. The first-order chi connectivity index (χ1) is 17.3. The van der Waals surface area contributed by atoms with Crippen LogP contribution in [0.25, 0.3) is 5.69 Å². The Morgan fingerprint density at radius 1 is 0.784 bits per heavy atom. The summed E-state index contributed by atoms with van der Waals surface area (Å²) in [4.78, 5) is 0. The summed E-state index contributed by atoms with van der Waals surface area (Å²) in [6.07, 6.45) is -2.35. The average molecular weight is 753 g/mol. The molecule has 0 unspecified atom stereocenters. The highest BCUT2D eigenvalue weighted by Gasteiger charge is 2.31. The number of alkyl halides is 6. The van der Waals surface area contributed by atoms with Crippen LogP contribution < -0.4 is 14.1 Å². The van der Waals surface area contributed by atoms with Gasteiger partial charge in [0, 0.05) is 12.4 Å². The first-order valence-corrected chi connectivity index (χ1v) is 11.7. The molecule has 0 aliphatic heterocycles. The van der Waals surface area contributed by atoms with Gasteiger partial charge in [0.2, 0.25) is 0 Å². The Morgan fingerprint density at radius 3 is 1.65 bits per heavy atom. The third kappa shape index (κ3) is 12.9. The first-order valence-electron chi connectivity index (χ1n) is 9.53. The van der Waals surface area contributed by atoms with Gasteiger partial charge in [-0.3, -0.25) is 5.10 Å². The van der Waals surface area contributed by atoms with Crippen LogP contribution in [-0.4, -0.2) is 45.4 Å². The summed E-state index contributed by atoms with van der Waals surface area (Å²) in [5, 5.41) is 18.6. The summed E-state index contributed by atoms with van der Waals surface area (Å²) in [7, 11) is 0.430. The number of nitrogens with zero attached hydrogens (tertiary/aromatic N) is 3. The fraction of sp³-hybridized carbons (Fsp3) is 0.100. The Bertz CT molecular complexity index is 1190. The predicted molar refractivity (Wildman–Crippen MR) is 136 cm³/mol. The van der Waals surface area contributed by atoms with E-state index in [1.807, 2.05) is 6.20 Å². The number of hydrogen-bond acceptors (Lipinski definition) is 6. The van der Waals surface area contributed by atoms with Gasteiger partial charge in [-0.05, 0) is 93.7 Å². The lowest BCUT2D eigenvalue weighted by atomic mass is 10.3. The van der Waals surface area contributed by atoms with Gasteiger partial charge >= 0.3 is 20.4 Å². The van der Waals surface area contributed by atoms with E-state index in [9.17, 15) is 26.3 Å². The van der Waals surface area contributed by atoms with E-state index in [1.165, 1.54) is 36.4 Å². The SMILES string of the molecule is FC(F)(F)Oc1ccc(-n2cc(I)cn2)cc1.Ic1cn[nH]c1.O[B]Oc1ccc(OC(F)(F)F)cc1. The zero-order chi connectivity index (χ0) is 27.5. The van der Waals surface area contributed by atoms with Crippen molar-refractivity contribution in [1.82, 2.24) is 20.0 Å². The van der Waals surface area contributed by atoms with Crippen molar-refractivity contribution in [2.45, 2.75) is 12.7 Å². The van der Waals surface area contributed by atoms with E-state index < -0.39 is 12.7 Å². The molecular weight excluding hydrogens is 739 g/mol. The molecule has 17 heteroatoms. The molecule has 0 amide bonds. The fourth-order valence-corrected chi connectivity index (χ4v) is 2.93. The molecule has 4 aromatic rings. The maximum absolute atomic E-state index is 11.9. The number of benzene rings is 2. The van der Waals surface area contributed by atoms with E-state index in [4.69, 9.17) is 5.02 Å². The van der Waals surface area contributed by atoms with Crippen molar-refractivity contribution in [2.75, 3.05) is 0 Å². The highest BCUT2D eigenvalue weighted by Crippen LogP contribution is 2.25. The van der Waals surface area contributed by atoms with Crippen LogP contribution in [0.4, 0.5) is 26.3 Å². The van der Waals surface area contributed by atoms with Gasteiger partial charge in [0.05, 0.1) is 25.2 Å². The van der Waals surface area contributed by atoms with Gasteiger partial charge in [-0.15, -0.1) is 26.3 Å². The Hall–Kier alpha value is -2.68. The number of halogens is 8. The quantitative estimate of drug-likeness (QED) is 0.150. The summed E-state index contributed by atoms with van der Waals surface area (Å²) < 4.78 is 86.4. The molecule has 197 valence electrons. The lowest BCUT2D eigenvalue weighted by molar-refractivity contribution is -0.275. The van der Waals surface area contributed by atoms with Crippen LogP contribution >= 0.6 is 45.2 Å². The molecule has 2 aromatic heterocycles. The lowest BCUT2D eigenvalue weighted by Gasteiger charge is -2.09. The zero-order valence-corrected chi connectivity index (χ0v) is 22.4. The lowest BCUT2D eigenvalue weighted by Crippen LogP contribution is -2.17. The molecule has 1 radical (unpaired) electrons. The smallest absolute Gasteiger partial charge is 0.537 e. The summed E-state index contributed by atoms with van der Waals surface area (Å²) in [5.41, 5.74) is 0.669. The number of hydrogen-bond donors (Lipinski definition) is 2. The van der Waals surface area contributed by atoms with E-state index >= 15 is 0 Å². The average Bonchev–Trinajstić information content (AvgIpc) is 3.46. The molecule has 0 saturated carbocycles. The maximum Gasteiger partial charge on any atom is 0.573 e. The molecule has 0 spiro atoms. The van der Waals surface area contributed by atoms with Gasteiger partial charge in [0.25, 0.3) is 0 Å². The normalized spacial score (nSPS) is 10.8. The molecule has 0 bridgehead atoms. The van der Waals surface area contributed by atoms with E-state index in [1.54, 1.807) is 23.3 Å². The topological polar surface area (TPSA) is 94.4 Å². The Morgan fingerprint density at radius 2 is 1.30 bits per heavy atom. The van der Waals surface area contributed by atoms with Crippen LogP contribution in [0.1, 0.15) is 0 Å². The van der Waals surface area contributed by atoms with Crippen molar-refractivity contribution in [2.24, 2.45) is 0 Å². The van der Waals surface area contributed by atoms with E-state index in [0.29, 0.717) is 13.4 Å². The Labute approximate surface area is 233 Å². The molecule has 8 nitrogen and oxygen atoms in total. The number of nitrogens with one attached hydrogen (secondary N) is 1. The molecule has 0 atom stereocenters. The Balaban J connectivity index is 0.000000216. The number of aromatic nitrogens is 4. The van der Waals surface area contributed by atoms with Crippen molar-refractivity contribution >= 4 is 52.9 Å². The number of rotatable bonds is 5. The third-order valence-corrected chi connectivity index (χ3v) is 4.74. The van der Waals surface area contributed by atoms with Crippen LogP contribution in [0.5, 0.6) is 17.2 Å². The molecule has 4 rings (SSSR count). The first kappa shape index (κ1) is 30.5. The van der Waals surface area contributed by atoms with Crippen molar-refractivity contribution in [3.8, 4) is 22.9 Å². The number of H-pyrrole nitrogens is 1. The standard InChI is InChI=1S/C10H6F3IN2O.C7H5BF3O3.C3H3IN2/c11-10(12,13)17-9-3-1-8(2-4-9)16-6-7(14)5-15-16;9-7(10,11)13-5-1-3-6(4-2-5)14-8-12;4-3-1-5-6-2-3/h1-6H;1-4,12H;1-2H,(H,5,6). The van der Waals surface area contributed by atoms with E-state index in [2.05, 4.69) is 74.6 Å². The maximum atomic E-state index is 11.9. The minimum Gasteiger partial charge on any atom is -0.537 e. The number of aromatic amines is 1. The summed E-state index contributed by atoms with van der Waals surface area (Å²) in [5.74, 6) is -0.382. The predicted octanol–water partition coefficient (Wildman–Crippen LogP) is 5.88. The van der Waals surface area contributed by atoms with E-state index in [-0.39, 0.29) is 17.2 Å². The second-order valence-corrected chi connectivity index (χ2v) is 8.80. The van der Waals surface area contributed by atoms with E-state index in [0.717, 1.165) is 19.3 Å². The monoisotopic (exact) mass is 753 g/mol. The summed E-state index contributed by atoms with van der Waals surface area (Å²) in [6.45, 7) is 0. The minimum absolute atomic E-state index is 0.210. The van der Waals surface area contributed by atoms with Crippen molar-refractivity contribution in [3.05, 3.63) is 80.5 Å². The van der Waals surface area contributed by atoms with Crippen LogP contribution in [0.15, 0.2) is 73.3 Å². The highest BCUT2D eigenvalue weighted by molar-refractivity contribution is 14.1.